The summed E-state index contributed by atoms with van der Waals surface area (Å²) in [6.07, 6.45) is 0. The summed E-state index contributed by atoms with van der Waals surface area (Å²) in [5.41, 5.74) is 16.4. The Bertz CT molecular complexity index is 2870. The largest absolute Gasteiger partial charge is 0.453 e. The lowest BCUT2D eigenvalue weighted by atomic mass is 9.72. The molecular formula is C52H40N2O. The fourth-order valence-electron chi connectivity index (χ4n) is 9.66. The fourth-order valence-corrected chi connectivity index (χ4v) is 9.66. The number of benzene rings is 8. The Morgan fingerprint density at radius 2 is 1.11 bits per heavy atom. The molecule has 3 nitrogen and oxygen atoms in total. The third kappa shape index (κ3) is 4.50. The summed E-state index contributed by atoms with van der Waals surface area (Å²) in [4.78, 5) is 4.92. The molecular weight excluding hydrogens is 669 g/mol. The van der Waals surface area contributed by atoms with E-state index in [-0.39, 0.29) is 10.8 Å². The maximum Gasteiger partial charge on any atom is 0.153 e. The second-order valence-electron chi connectivity index (χ2n) is 16.2. The molecule has 8 aromatic carbocycles. The molecule has 0 spiro atoms. The Morgan fingerprint density at radius 3 is 1.96 bits per heavy atom. The number of fused-ring (bicyclic) bond motifs is 9. The van der Waals surface area contributed by atoms with E-state index >= 15 is 0 Å². The van der Waals surface area contributed by atoms with Crippen LogP contribution in [0.5, 0.6) is 11.5 Å². The van der Waals surface area contributed by atoms with Gasteiger partial charge < -0.3 is 14.5 Å². The van der Waals surface area contributed by atoms with Crippen molar-refractivity contribution in [3.05, 3.63) is 192 Å². The van der Waals surface area contributed by atoms with Gasteiger partial charge in [-0.25, -0.2) is 0 Å². The molecule has 264 valence electrons. The number of rotatable bonds is 4. The van der Waals surface area contributed by atoms with Crippen LogP contribution in [-0.2, 0) is 10.8 Å². The van der Waals surface area contributed by atoms with Gasteiger partial charge in [-0.1, -0.05) is 155 Å². The van der Waals surface area contributed by atoms with E-state index in [0.717, 1.165) is 39.9 Å². The number of anilines is 6. The third-order valence-electron chi connectivity index (χ3n) is 12.4. The van der Waals surface area contributed by atoms with Gasteiger partial charge in [-0.3, -0.25) is 0 Å². The highest BCUT2D eigenvalue weighted by molar-refractivity contribution is 6.06. The smallest absolute Gasteiger partial charge is 0.153 e. The van der Waals surface area contributed by atoms with E-state index in [2.05, 4.69) is 207 Å². The minimum Gasteiger partial charge on any atom is -0.453 e. The summed E-state index contributed by atoms with van der Waals surface area (Å²) < 4.78 is 7.10. The molecule has 0 saturated heterocycles. The molecule has 0 amide bonds. The number of para-hydroxylation sites is 2. The number of nitrogens with zero attached hydrogens (tertiary/aromatic N) is 2. The van der Waals surface area contributed by atoms with E-state index in [1.807, 2.05) is 0 Å². The van der Waals surface area contributed by atoms with Gasteiger partial charge in [-0.15, -0.1) is 0 Å². The molecule has 11 rings (SSSR count). The van der Waals surface area contributed by atoms with Crippen LogP contribution in [0.3, 0.4) is 0 Å². The van der Waals surface area contributed by atoms with E-state index < -0.39 is 0 Å². The van der Waals surface area contributed by atoms with Gasteiger partial charge in [0.05, 0.1) is 28.4 Å². The number of ether oxygens (including phenoxy) is 1. The molecule has 0 unspecified atom stereocenters. The molecule has 3 aliphatic rings. The number of hydrogen-bond donors (Lipinski definition) is 0. The average molecular weight is 709 g/mol. The molecule has 2 aliphatic heterocycles. The zero-order valence-electron chi connectivity index (χ0n) is 31.5. The van der Waals surface area contributed by atoms with Crippen LogP contribution in [0.4, 0.5) is 34.1 Å². The van der Waals surface area contributed by atoms with Crippen molar-refractivity contribution in [2.45, 2.75) is 38.5 Å². The van der Waals surface area contributed by atoms with Crippen LogP contribution >= 0.6 is 0 Å². The zero-order valence-corrected chi connectivity index (χ0v) is 31.5. The monoisotopic (exact) mass is 708 g/mol. The van der Waals surface area contributed by atoms with Gasteiger partial charge in [0.25, 0.3) is 0 Å². The van der Waals surface area contributed by atoms with Gasteiger partial charge in [0.15, 0.2) is 11.5 Å². The Morgan fingerprint density at radius 1 is 0.455 bits per heavy atom. The van der Waals surface area contributed by atoms with E-state index in [0.29, 0.717) is 0 Å². The minimum absolute atomic E-state index is 0.143. The predicted molar refractivity (Wildman–Crippen MR) is 229 cm³/mol. The van der Waals surface area contributed by atoms with Crippen molar-refractivity contribution in [3.8, 4) is 33.8 Å². The zero-order chi connectivity index (χ0) is 37.1. The second kappa shape index (κ2) is 11.5. The molecule has 0 N–H and O–H groups in total. The Hall–Kier alpha value is -6.58. The van der Waals surface area contributed by atoms with Crippen LogP contribution in [0.2, 0.25) is 0 Å². The molecule has 0 atom stereocenters. The summed E-state index contributed by atoms with van der Waals surface area (Å²) in [7, 11) is 0. The van der Waals surface area contributed by atoms with Crippen LogP contribution in [0, 0.1) is 0 Å². The lowest BCUT2D eigenvalue weighted by molar-refractivity contribution is 0.472. The van der Waals surface area contributed by atoms with Crippen molar-refractivity contribution in [1.82, 2.24) is 0 Å². The summed E-state index contributed by atoms with van der Waals surface area (Å²) in [5, 5.41) is 2.37. The average Bonchev–Trinajstić information content (AvgIpc) is 3.45. The summed E-state index contributed by atoms with van der Waals surface area (Å²) in [5.74, 6) is 1.71. The SMILES string of the molecule is CC1(C)c2ccccc2-c2ccc(N(c3cc4c5c(c3)C(C)(C)c3ccccc3N5c3c(ccc5ccccc35)O4)c3ccccc3-c3ccccc3)cc21. The second-order valence-corrected chi connectivity index (χ2v) is 16.2. The molecule has 2 heterocycles. The van der Waals surface area contributed by atoms with Gasteiger partial charge in [0.1, 0.15) is 0 Å². The Labute approximate surface area is 322 Å². The number of hydrogen-bond acceptors (Lipinski definition) is 3. The van der Waals surface area contributed by atoms with Crippen molar-refractivity contribution in [1.29, 1.82) is 0 Å². The first-order chi connectivity index (χ1) is 26.8. The van der Waals surface area contributed by atoms with Crippen LogP contribution in [0.1, 0.15) is 49.9 Å². The lowest BCUT2D eigenvalue weighted by Gasteiger charge is -2.46. The maximum absolute atomic E-state index is 7.10. The van der Waals surface area contributed by atoms with Crippen LogP contribution in [-0.4, -0.2) is 0 Å². The highest BCUT2D eigenvalue weighted by atomic mass is 16.5. The maximum atomic E-state index is 7.10. The highest BCUT2D eigenvalue weighted by Gasteiger charge is 2.43. The third-order valence-corrected chi connectivity index (χ3v) is 12.4. The van der Waals surface area contributed by atoms with Crippen molar-refractivity contribution in [2.24, 2.45) is 0 Å². The molecule has 0 bridgehead atoms. The molecule has 1 aliphatic carbocycles. The summed E-state index contributed by atoms with van der Waals surface area (Å²) in [6.45, 7) is 9.43. The molecule has 0 aromatic heterocycles. The summed E-state index contributed by atoms with van der Waals surface area (Å²) in [6, 6.07) is 62.0. The first kappa shape index (κ1) is 31.9. The van der Waals surface area contributed by atoms with Gasteiger partial charge in [0.2, 0.25) is 0 Å². The summed E-state index contributed by atoms with van der Waals surface area (Å²) >= 11 is 0. The van der Waals surface area contributed by atoms with E-state index in [1.54, 1.807) is 0 Å². The molecule has 0 fully saturated rings. The Balaban J connectivity index is 1.19. The first-order valence-electron chi connectivity index (χ1n) is 19.3. The standard InChI is InChI=1S/C52H40N2O/c1-51(2)41-22-12-10-21-39(41)40-28-27-35(30-43(40)51)53(45-24-14-11-19-37(45)33-16-6-5-7-17-33)36-31-44-50-48(32-36)55-47-29-26-34-18-8-9-20-38(34)49(47)54(50)46-25-15-13-23-42(46)52(44,3)4/h5-32H,1-4H3. The molecule has 8 aromatic rings. The fraction of sp³-hybridized carbons (Fsp3) is 0.115. The normalized spacial score (nSPS) is 14.9. The quantitative estimate of drug-likeness (QED) is 0.181. The van der Waals surface area contributed by atoms with Crippen LogP contribution < -0.4 is 14.5 Å². The molecule has 0 saturated carbocycles. The van der Waals surface area contributed by atoms with Crippen molar-refractivity contribution < 1.29 is 4.74 Å². The van der Waals surface area contributed by atoms with E-state index in [9.17, 15) is 0 Å². The van der Waals surface area contributed by atoms with Gasteiger partial charge in [-0.05, 0) is 80.7 Å². The van der Waals surface area contributed by atoms with E-state index in [4.69, 9.17) is 4.74 Å². The van der Waals surface area contributed by atoms with Crippen molar-refractivity contribution in [3.63, 3.8) is 0 Å². The predicted octanol–water partition coefficient (Wildman–Crippen LogP) is 14.5. The minimum atomic E-state index is -0.315. The molecule has 0 radical (unpaired) electrons. The van der Waals surface area contributed by atoms with Gasteiger partial charge >= 0.3 is 0 Å². The van der Waals surface area contributed by atoms with Crippen molar-refractivity contribution in [2.75, 3.05) is 9.80 Å². The molecule has 55 heavy (non-hydrogen) atoms. The van der Waals surface area contributed by atoms with Crippen molar-refractivity contribution >= 4 is 44.9 Å². The van der Waals surface area contributed by atoms with E-state index in [1.165, 1.54) is 61.0 Å². The van der Waals surface area contributed by atoms with Gasteiger partial charge in [0, 0.05) is 33.5 Å². The van der Waals surface area contributed by atoms with Gasteiger partial charge in [-0.2, -0.15) is 0 Å². The topological polar surface area (TPSA) is 15.7 Å². The highest BCUT2D eigenvalue weighted by Crippen LogP contribution is 2.62. The lowest BCUT2D eigenvalue weighted by Crippen LogP contribution is -2.32. The molecule has 3 heteroatoms. The first-order valence-corrected chi connectivity index (χ1v) is 19.3. The van der Waals surface area contributed by atoms with Crippen LogP contribution in [0.25, 0.3) is 33.0 Å². The van der Waals surface area contributed by atoms with Crippen LogP contribution in [0.15, 0.2) is 170 Å². The Kier molecular flexibility index (Phi) is 6.65.